The summed E-state index contributed by atoms with van der Waals surface area (Å²) in [5.41, 5.74) is 0.157. The van der Waals surface area contributed by atoms with Gasteiger partial charge in [-0.25, -0.2) is 9.59 Å². The molecule has 1 aromatic rings. The highest BCUT2D eigenvalue weighted by Gasteiger charge is 2.51. The van der Waals surface area contributed by atoms with Crippen LogP contribution in [0.4, 0.5) is 10.5 Å². The van der Waals surface area contributed by atoms with Gasteiger partial charge in [-0.3, -0.25) is 4.79 Å². The molecule has 1 N–H and O–H groups in total. The van der Waals surface area contributed by atoms with Crippen LogP contribution >= 0.6 is 0 Å². The van der Waals surface area contributed by atoms with Crippen LogP contribution < -0.4 is 10.1 Å². The smallest absolute Gasteiger partial charge is 0.409 e. The molecule has 0 bridgehead atoms. The molecule has 0 aliphatic carbocycles. The molecule has 1 saturated heterocycles. The van der Waals surface area contributed by atoms with Gasteiger partial charge < -0.3 is 24.4 Å². The lowest BCUT2D eigenvalue weighted by Crippen LogP contribution is -2.49. The van der Waals surface area contributed by atoms with Gasteiger partial charge in [0.1, 0.15) is 11.4 Å². The van der Waals surface area contributed by atoms with E-state index in [0.29, 0.717) is 55.1 Å². The number of methoxy groups -OCH3 is 1. The van der Waals surface area contributed by atoms with Crippen molar-refractivity contribution >= 4 is 23.7 Å². The molecule has 0 radical (unpaired) electrons. The van der Waals surface area contributed by atoms with Gasteiger partial charge >= 0.3 is 12.1 Å². The second kappa shape index (κ2) is 7.92. The largest absolute Gasteiger partial charge is 0.497 e. The van der Waals surface area contributed by atoms with Crippen molar-refractivity contribution in [1.29, 1.82) is 0 Å². The third kappa shape index (κ3) is 3.67. The minimum atomic E-state index is -1.02. The molecule has 2 heterocycles. The second-order valence-electron chi connectivity index (χ2n) is 6.76. The highest BCUT2D eigenvalue weighted by molar-refractivity contribution is 6.12. The normalized spacial score (nSPS) is 18.1. The van der Waals surface area contributed by atoms with Gasteiger partial charge in [-0.05, 0) is 26.0 Å². The van der Waals surface area contributed by atoms with Gasteiger partial charge in [0.05, 0.1) is 19.3 Å². The van der Waals surface area contributed by atoms with E-state index in [9.17, 15) is 14.4 Å². The molecule has 0 atom stereocenters. The Labute approximate surface area is 163 Å². The Morgan fingerprint density at radius 3 is 2.64 bits per heavy atom. The number of anilines is 1. The molecule has 8 heteroatoms. The van der Waals surface area contributed by atoms with Crippen LogP contribution in [-0.4, -0.2) is 55.3 Å². The summed E-state index contributed by atoms with van der Waals surface area (Å²) in [7, 11) is 1.55. The van der Waals surface area contributed by atoms with E-state index in [1.807, 2.05) is 0 Å². The number of hydrogen-bond acceptors (Lipinski definition) is 6. The number of hydrogen-bond donors (Lipinski definition) is 1. The first-order valence-corrected chi connectivity index (χ1v) is 9.22. The number of likely N-dealkylation sites (tertiary alicyclic amines) is 1. The van der Waals surface area contributed by atoms with Crippen molar-refractivity contribution in [3.8, 4) is 5.75 Å². The molecule has 150 valence electrons. The average Bonchev–Trinajstić information content (AvgIpc) is 2.92. The summed E-state index contributed by atoms with van der Waals surface area (Å²) in [5, 5.41) is 2.82. The predicted octanol–water partition coefficient (Wildman–Crippen LogP) is 2.50. The van der Waals surface area contributed by atoms with Crippen molar-refractivity contribution in [2.24, 2.45) is 0 Å². The molecular weight excluding hydrogens is 364 g/mol. The molecule has 2 amide bonds. The monoisotopic (exact) mass is 388 g/mol. The molecule has 2 aliphatic rings. The SMILES string of the molecule is CCOC(=O)N1CCC2(CC1)OC(=O)C(C)=C2C(=O)Nc1cccc(OC)c1. The molecule has 1 spiro atoms. The number of nitrogens with one attached hydrogen (secondary N) is 1. The van der Waals surface area contributed by atoms with Crippen molar-refractivity contribution in [3.05, 3.63) is 35.4 Å². The maximum Gasteiger partial charge on any atom is 0.409 e. The summed E-state index contributed by atoms with van der Waals surface area (Å²) in [6, 6.07) is 6.97. The van der Waals surface area contributed by atoms with Gasteiger partial charge in [-0.15, -0.1) is 0 Å². The van der Waals surface area contributed by atoms with Crippen molar-refractivity contribution in [2.75, 3.05) is 32.1 Å². The van der Waals surface area contributed by atoms with Crippen molar-refractivity contribution in [2.45, 2.75) is 32.3 Å². The molecule has 8 nitrogen and oxygen atoms in total. The summed E-state index contributed by atoms with van der Waals surface area (Å²) in [6.07, 6.45) is 0.288. The van der Waals surface area contributed by atoms with E-state index in [4.69, 9.17) is 14.2 Å². The Morgan fingerprint density at radius 1 is 1.29 bits per heavy atom. The number of carbonyl (C=O) groups is 3. The van der Waals surface area contributed by atoms with Crippen LogP contribution in [0, 0.1) is 0 Å². The van der Waals surface area contributed by atoms with Gasteiger partial charge in [0.2, 0.25) is 0 Å². The van der Waals surface area contributed by atoms with Crippen LogP contribution in [-0.2, 0) is 19.1 Å². The Kier molecular flexibility index (Phi) is 5.58. The quantitative estimate of drug-likeness (QED) is 0.797. The summed E-state index contributed by atoms with van der Waals surface area (Å²) in [4.78, 5) is 38.8. The minimum Gasteiger partial charge on any atom is -0.497 e. The molecule has 0 unspecified atom stereocenters. The first-order chi connectivity index (χ1) is 13.4. The maximum atomic E-state index is 13.0. The molecule has 1 aromatic carbocycles. The predicted molar refractivity (Wildman–Crippen MR) is 101 cm³/mol. The molecule has 0 aromatic heterocycles. The molecule has 3 rings (SSSR count). The number of carbonyl (C=O) groups excluding carboxylic acids is 3. The van der Waals surface area contributed by atoms with Crippen LogP contribution in [0.25, 0.3) is 0 Å². The number of rotatable bonds is 4. The lowest BCUT2D eigenvalue weighted by Gasteiger charge is -2.38. The van der Waals surface area contributed by atoms with E-state index >= 15 is 0 Å². The van der Waals surface area contributed by atoms with Crippen molar-refractivity contribution in [1.82, 2.24) is 4.90 Å². The zero-order valence-electron chi connectivity index (χ0n) is 16.2. The summed E-state index contributed by atoms with van der Waals surface area (Å²) in [6.45, 7) is 4.32. The molecule has 2 aliphatic heterocycles. The highest BCUT2D eigenvalue weighted by Crippen LogP contribution is 2.41. The maximum absolute atomic E-state index is 13.0. The fraction of sp³-hybridized carbons (Fsp3) is 0.450. The van der Waals surface area contributed by atoms with E-state index in [1.165, 1.54) is 0 Å². The molecule has 0 saturated carbocycles. The van der Waals surface area contributed by atoms with Crippen molar-refractivity contribution in [3.63, 3.8) is 0 Å². The first-order valence-electron chi connectivity index (χ1n) is 9.22. The topological polar surface area (TPSA) is 94.2 Å². The van der Waals surface area contributed by atoms with E-state index < -0.39 is 17.7 Å². The zero-order chi connectivity index (χ0) is 20.3. The van der Waals surface area contributed by atoms with E-state index in [0.717, 1.165) is 0 Å². The number of benzene rings is 1. The van der Waals surface area contributed by atoms with Gasteiger partial charge in [-0.2, -0.15) is 0 Å². The van der Waals surface area contributed by atoms with E-state index in [2.05, 4.69) is 5.32 Å². The van der Waals surface area contributed by atoms with Crippen LogP contribution in [0.3, 0.4) is 0 Å². The Bertz CT molecular complexity index is 824. The number of piperidine rings is 1. The number of amides is 2. The lowest BCUT2D eigenvalue weighted by molar-refractivity contribution is -0.150. The molecule has 1 fully saturated rings. The number of ether oxygens (including phenoxy) is 3. The van der Waals surface area contributed by atoms with Gasteiger partial charge in [0.15, 0.2) is 0 Å². The summed E-state index contributed by atoms with van der Waals surface area (Å²) in [5.74, 6) is -0.277. The van der Waals surface area contributed by atoms with Crippen molar-refractivity contribution < 1.29 is 28.6 Å². The number of nitrogens with zero attached hydrogens (tertiary/aromatic N) is 1. The third-order valence-corrected chi connectivity index (χ3v) is 5.08. The van der Waals surface area contributed by atoms with Gasteiger partial charge in [0.25, 0.3) is 5.91 Å². The van der Waals surface area contributed by atoms with E-state index in [-0.39, 0.29) is 5.91 Å². The lowest BCUT2D eigenvalue weighted by atomic mass is 9.83. The Hall–Kier alpha value is -3.03. The summed E-state index contributed by atoms with van der Waals surface area (Å²) < 4.78 is 15.8. The first kappa shape index (κ1) is 19.7. The summed E-state index contributed by atoms with van der Waals surface area (Å²) >= 11 is 0. The second-order valence-corrected chi connectivity index (χ2v) is 6.76. The Balaban J connectivity index is 1.79. The third-order valence-electron chi connectivity index (χ3n) is 5.08. The molecular formula is C20H24N2O6. The van der Waals surface area contributed by atoms with Crippen LogP contribution in [0.2, 0.25) is 0 Å². The Morgan fingerprint density at radius 2 is 2.00 bits per heavy atom. The zero-order valence-corrected chi connectivity index (χ0v) is 16.2. The van der Waals surface area contributed by atoms with Crippen LogP contribution in [0.15, 0.2) is 35.4 Å². The standard InChI is InChI=1S/C20H24N2O6/c1-4-27-19(25)22-10-8-20(9-11-22)16(13(2)18(24)28-20)17(23)21-14-6-5-7-15(12-14)26-3/h5-7,12H,4,8-11H2,1-3H3,(H,21,23). The minimum absolute atomic E-state index is 0.294. The van der Waals surface area contributed by atoms with Gasteiger partial charge in [0, 0.05) is 43.3 Å². The highest BCUT2D eigenvalue weighted by atomic mass is 16.6. The van der Waals surface area contributed by atoms with Crippen LogP contribution in [0.1, 0.15) is 26.7 Å². The fourth-order valence-corrected chi connectivity index (χ4v) is 3.64. The average molecular weight is 388 g/mol. The number of esters is 1. The van der Waals surface area contributed by atoms with Gasteiger partial charge in [-0.1, -0.05) is 6.07 Å². The molecule has 28 heavy (non-hydrogen) atoms. The fourth-order valence-electron chi connectivity index (χ4n) is 3.64. The van der Waals surface area contributed by atoms with E-state index in [1.54, 1.807) is 50.1 Å². The van der Waals surface area contributed by atoms with Crippen LogP contribution in [0.5, 0.6) is 5.75 Å².